The van der Waals surface area contributed by atoms with Crippen molar-refractivity contribution in [1.29, 1.82) is 0 Å². The van der Waals surface area contributed by atoms with Crippen LogP contribution < -0.4 is 4.74 Å². The van der Waals surface area contributed by atoms with Gasteiger partial charge in [0.15, 0.2) is 5.69 Å². The molecule has 1 unspecified atom stereocenters. The average Bonchev–Trinajstić information content (AvgIpc) is 3.19. The summed E-state index contributed by atoms with van der Waals surface area (Å²) in [7, 11) is 4.52. The molecule has 8 nitrogen and oxygen atoms in total. The molecule has 8 heteroatoms. The Morgan fingerprint density at radius 2 is 2.10 bits per heavy atom. The van der Waals surface area contributed by atoms with Crippen LogP contribution in [0.4, 0.5) is 0 Å². The van der Waals surface area contributed by atoms with Gasteiger partial charge in [-0.05, 0) is 30.3 Å². The standard InChI is InChI=1S/C23H23N3O5/c1-25(15-27)12-11-18(28)8-7-16-5-4-6-17(13-16)26-21-14-19(30-2)9-10-20(21)22(24-26)23(29)31-3/h4-6,9-10,13-15,18,28H,11-12H2,1-3H3. The maximum Gasteiger partial charge on any atom is 0.359 e. The van der Waals surface area contributed by atoms with Gasteiger partial charge in [-0.3, -0.25) is 4.79 Å². The zero-order chi connectivity index (χ0) is 22.4. The molecule has 0 aliphatic heterocycles. The molecular weight excluding hydrogens is 398 g/mol. The number of ether oxygens (including phenoxy) is 2. The number of rotatable bonds is 7. The summed E-state index contributed by atoms with van der Waals surface area (Å²) in [5, 5.41) is 15.1. The number of carbonyl (C=O) groups excluding carboxylic acids is 2. The van der Waals surface area contributed by atoms with Gasteiger partial charge in [-0.1, -0.05) is 17.9 Å². The normalized spacial score (nSPS) is 11.4. The van der Waals surface area contributed by atoms with Crippen LogP contribution in [0, 0.1) is 11.8 Å². The number of nitrogens with zero attached hydrogens (tertiary/aromatic N) is 3. The SMILES string of the molecule is COC(=O)c1nn(-c2cccc(C#CC(O)CCN(C)C=O)c2)c2cc(OC)ccc12. The van der Waals surface area contributed by atoms with Crippen molar-refractivity contribution in [3.63, 3.8) is 0 Å². The second kappa shape index (κ2) is 9.78. The Morgan fingerprint density at radius 3 is 2.81 bits per heavy atom. The van der Waals surface area contributed by atoms with Crippen molar-refractivity contribution in [2.75, 3.05) is 27.8 Å². The summed E-state index contributed by atoms with van der Waals surface area (Å²) in [4.78, 5) is 24.3. The minimum atomic E-state index is -0.855. The summed E-state index contributed by atoms with van der Waals surface area (Å²) in [5.74, 6) is 5.82. The highest BCUT2D eigenvalue weighted by molar-refractivity contribution is 6.02. The minimum absolute atomic E-state index is 0.200. The molecule has 0 aliphatic carbocycles. The summed E-state index contributed by atoms with van der Waals surface area (Å²) in [6.45, 7) is 0.413. The molecule has 3 rings (SSSR count). The number of amides is 1. The number of fused-ring (bicyclic) bond motifs is 1. The Kier molecular flexibility index (Phi) is 6.90. The molecule has 1 atom stereocenters. The number of carbonyl (C=O) groups is 2. The quantitative estimate of drug-likeness (QED) is 0.356. The van der Waals surface area contributed by atoms with Crippen LogP contribution >= 0.6 is 0 Å². The number of benzene rings is 2. The minimum Gasteiger partial charge on any atom is -0.497 e. The first-order valence-electron chi connectivity index (χ1n) is 9.57. The van der Waals surface area contributed by atoms with Gasteiger partial charge in [0.2, 0.25) is 6.41 Å². The van der Waals surface area contributed by atoms with Gasteiger partial charge in [0.1, 0.15) is 11.9 Å². The van der Waals surface area contributed by atoms with Crippen LogP contribution in [0.25, 0.3) is 16.6 Å². The predicted molar refractivity (Wildman–Crippen MR) is 115 cm³/mol. The Bertz CT molecular complexity index is 1160. The summed E-state index contributed by atoms with van der Waals surface area (Å²) >= 11 is 0. The molecule has 0 spiro atoms. The van der Waals surface area contributed by atoms with Gasteiger partial charge in [0.05, 0.1) is 25.4 Å². The molecule has 3 aromatic rings. The number of aliphatic hydroxyl groups excluding tert-OH is 1. The van der Waals surface area contributed by atoms with Gasteiger partial charge in [-0.15, -0.1) is 0 Å². The van der Waals surface area contributed by atoms with Crippen LogP contribution in [0.2, 0.25) is 0 Å². The van der Waals surface area contributed by atoms with E-state index in [-0.39, 0.29) is 5.69 Å². The molecule has 0 aliphatic rings. The number of aliphatic hydroxyl groups is 1. The maximum absolute atomic E-state index is 12.2. The van der Waals surface area contributed by atoms with Crippen molar-refractivity contribution in [2.45, 2.75) is 12.5 Å². The van der Waals surface area contributed by atoms with Crippen LogP contribution in [0.1, 0.15) is 22.5 Å². The Morgan fingerprint density at radius 1 is 1.29 bits per heavy atom. The predicted octanol–water partition coefficient (Wildman–Crippen LogP) is 2.01. The fraction of sp³-hybridized carbons (Fsp3) is 0.261. The second-order valence-corrected chi connectivity index (χ2v) is 6.85. The molecule has 1 heterocycles. The Balaban J connectivity index is 1.96. The third kappa shape index (κ3) is 5.02. The number of hydrogen-bond acceptors (Lipinski definition) is 6. The third-order valence-corrected chi connectivity index (χ3v) is 4.68. The van der Waals surface area contributed by atoms with Crippen molar-refractivity contribution < 1.29 is 24.2 Å². The van der Waals surface area contributed by atoms with E-state index < -0.39 is 12.1 Å². The summed E-state index contributed by atoms with van der Waals surface area (Å²) in [5.41, 5.74) is 2.25. The van der Waals surface area contributed by atoms with Crippen LogP contribution in [-0.4, -0.2) is 66.1 Å². The van der Waals surface area contributed by atoms with Gasteiger partial charge in [-0.2, -0.15) is 5.10 Å². The molecular formula is C23H23N3O5. The molecule has 1 aromatic heterocycles. The van der Waals surface area contributed by atoms with Gasteiger partial charge in [0, 0.05) is 37.0 Å². The fourth-order valence-electron chi connectivity index (χ4n) is 3.00. The van der Waals surface area contributed by atoms with Gasteiger partial charge < -0.3 is 19.5 Å². The summed E-state index contributed by atoms with van der Waals surface area (Å²) < 4.78 is 11.8. The van der Waals surface area contributed by atoms with E-state index in [1.807, 2.05) is 24.3 Å². The van der Waals surface area contributed by atoms with Gasteiger partial charge in [0.25, 0.3) is 0 Å². The Hall–Kier alpha value is -3.83. The fourth-order valence-corrected chi connectivity index (χ4v) is 3.00. The highest BCUT2D eigenvalue weighted by atomic mass is 16.5. The monoisotopic (exact) mass is 421 g/mol. The number of aromatic nitrogens is 2. The van der Waals surface area contributed by atoms with Crippen LogP contribution in [0.15, 0.2) is 42.5 Å². The van der Waals surface area contributed by atoms with E-state index in [1.165, 1.54) is 12.0 Å². The first kappa shape index (κ1) is 21.9. The van der Waals surface area contributed by atoms with Crippen molar-refractivity contribution >= 4 is 23.3 Å². The molecule has 0 saturated carbocycles. The van der Waals surface area contributed by atoms with E-state index in [9.17, 15) is 14.7 Å². The molecule has 0 fully saturated rings. The zero-order valence-corrected chi connectivity index (χ0v) is 17.5. The summed E-state index contributed by atoms with van der Waals surface area (Å²) in [6, 6.07) is 12.6. The lowest BCUT2D eigenvalue weighted by Gasteiger charge is -2.10. The second-order valence-electron chi connectivity index (χ2n) is 6.85. The molecule has 2 aromatic carbocycles. The van der Waals surface area contributed by atoms with E-state index in [0.29, 0.717) is 47.3 Å². The molecule has 31 heavy (non-hydrogen) atoms. The molecule has 160 valence electrons. The highest BCUT2D eigenvalue weighted by Gasteiger charge is 2.19. The third-order valence-electron chi connectivity index (χ3n) is 4.68. The number of esters is 1. The smallest absolute Gasteiger partial charge is 0.359 e. The largest absolute Gasteiger partial charge is 0.497 e. The Labute approximate surface area is 180 Å². The molecule has 0 bridgehead atoms. The first-order valence-corrected chi connectivity index (χ1v) is 9.57. The lowest BCUT2D eigenvalue weighted by Crippen LogP contribution is -2.21. The van der Waals surface area contributed by atoms with E-state index in [1.54, 1.807) is 37.0 Å². The zero-order valence-electron chi connectivity index (χ0n) is 17.5. The van der Waals surface area contributed by atoms with Gasteiger partial charge >= 0.3 is 5.97 Å². The molecule has 0 radical (unpaired) electrons. The lowest BCUT2D eigenvalue weighted by molar-refractivity contribution is -0.117. The van der Waals surface area contributed by atoms with Crippen molar-refractivity contribution in [1.82, 2.24) is 14.7 Å². The number of hydrogen-bond donors (Lipinski definition) is 1. The molecule has 1 N–H and O–H groups in total. The van der Waals surface area contributed by atoms with Crippen molar-refractivity contribution in [3.8, 4) is 23.3 Å². The average molecular weight is 421 g/mol. The first-order chi connectivity index (χ1) is 15.0. The number of methoxy groups -OCH3 is 2. The van der Waals surface area contributed by atoms with E-state index in [4.69, 9.17) is 9.47 Å². The highest BCUT2D eigenvalue weighted by Crippen LogP contribution is 2.27. The maximum atomic E-state index is 12.2. The van der Waals surface area contributed by atoms with E-state index >= 15 is 0 Å². The summed E-state index contributed by atoms with van der Waals surface area (Å²) in [6.07, 6.45) is 0.204. The topological polar surface area (TPSA) is 93.9 Å². The molecule has 0 saturated heterocycles. The molecule has 1 amide bonds. The lowest BCUT2D eigenvalue weighted by atomic mass is 10.1. The van der Waals surface area contributed by atoms with Crippen LogP contribution in [0.3, 0.4) is 0 Å². The van der Waals surface area contributed by atoms with Crippen LogP contribution in [0.5, 0.6) is 5.75 Å². The van der Waals surface area contributed by atoms with Crippen LogP contribution in [-0.2, 0) is 9.53 Å². The van der Waals surface area contributed by atoms with Gasteiger partial charge in [-0.25, -0.2) is 9.48 Å². The van der Waals surface area contributed by atoms with E-state index in [0.717, 1.165) is 0 Å². The van der Waals surface area contributed by atoms with Crippen molar-refractivity contribution in [3.05, 3.63) is 53.7 Å². The van der Waals surface area contributed by atoms with Crippen molar-refractivity contribution in [2.24, 2.45) is 0 Å². The van der Waals surface area contributed by atoms with E-state index in [2.05, 4.69) is 16.9 Å².